The highest BCUT2D eigenvalue weighted by Crippen LogP contribution is 2.07. The molecule has 2 aromatic rings. The molecule has 102 valence electrons. The second kappa shape index (κ2) is 9.08. The second-order valence-electron chi connectivity index (χ2n) is 4.02. The highest BCUT2D eigenvalue weighted by atomic mass is 15.3. The van der Waals surface area contributed by atoms with Gasteiger partial charge in [-0.1, -0.05) is 18.2 Å². The van der Waals surface area contributed by atoms with Crippen LogP contribution in [0.5, 0.6) is 0 Å². The van der Waals surface area contributed by atoms with Crippen molar-refractivity contribution >= 4 is 5.69 Å². The van der Waals surface area contributed by atoms with Crippen molar-refractivity contribution in [2.24, 2.45) is 0 Å². The SMILES string of the molecule is CNNCc1ccc(NC)cc1.Cc1ccccn1. The van der Waals surface area contributed by atoms with Gasteiger partial charge in [0.2, 0.25) is 0 Å². The Balaban J connectivity index is 0.000000218. The minimum atomic E-state index is 0.848. The minimum Gasteiger partial charge on any atom is -0.388 e. The van der Waals surface area contributed by atoms with E-state index in [1.165, 1.54) is 5.56 Å². The Bertz CT molecular complexity index is 439. The number of hydrogen-bond acceptors (Lipinski definition) is 4. The summed E-state index contributed by atoms with van der Waals surface area (Å²) in [6.45, 7) is 2.82. The molecular weight excluding hydrogens is 236 g/mol. The second-order valence-corrected chi connectivity index (χ2v) is 4.02. The van der Waals surface area contributed by atoms with Gasteiger partial charge >= 0.3 is 0 Å². The van der Waals surface area contributed by atoms with E-state index in [0.29, 0.717) is 0 Å². The number of rotatable bonds is 4. The van der Waals surface area contributed by atoms with Gasteiger partial charge in [-0.05, 0) is 43.8 Å². The number of nitrogens with one attached hydrogen (secondary N) is 3. The zero-order valence-corrected chi connectivity index (χ0v) is 11.8. The highest BCUT2D eigenvalue weighted by molar-refractivity contribution is 5.43. The standard InChI is InChI=1S/C9H15N3.C6H7N/c1-10-9-5-3-8(4-6-9)7-12-11-2;1-6-4-2-3-5-7-6/h3-6,10-12H,7H2,1-2H3;2-5H,1H3. The molecule has 1 heterocycles. The lowest BCUT2D eigenvalue weighted by Crippen LogP contribution is -2.26. The largest absolute Gasteiger partial charge is 0.388 e. The number of anilines is 1. The molecule has 0 aliphatic carbocycles. The van der Waals surface area contributed by atoms with Crippen LogP contribution in [0.2, 0.25) is 0 Å². The Kier molecular flexibility index (Phi) is 7.24. The van der Waals surface area contributed by atoms with Gasteiger partial charge in [0.1, 0.15) is 0 Å². The van der Waals surface area contributed by atoms with E-state index in [1.807, 2.05) is 39.2 Å². The van der Waals surface area contributed by atoms with Crippen molar-refractivity contribution in [3.63, 3.8) is 0 Å². The Labute approximate surface area is 115 Å². The summed E-state index contributed by atoms with van der Waals surface area (Å²) < 4.78 is 0. The number of aryl methyl sites for hydroxylation is 1. The molecule has 19 heavy (non-hydrogen) atoms. The van der Waals surface area contributed by atoms with Crippen molar-refractivity contribution in [3.8, 4) is 0 Å². The zero-order chi connectivity index (χ0) is 13.9. The van der Waals surface area contributed by atoms with Crippen LogP contribution in [0.3, 0.4) is 0 Å². The molecular formula is C15H22N4. The lowest BCUT2D eigenvalue weighted by atomic mass is 10.2. The minimum absolute atomic E-state index is 0.848. The first-order valence-corrected chi connectivity index (χ1v) is 6.30. The third-order valence-corrected chi connectivity index (χ3v) is 2.52. The van der Waals surface area contributed by atoms with Crippen LogP contribution < -0.4 is 16.2 Å². The van der Waals surface area contributed by atoms with Crippen LogP contribution in [0.1, 0.15) is 11.3 Å². The van der Waals surface area contributed by atoms with Crippen molar-refractivity contribution in [1.82, 2.24) is 15.8 Å². The number of hydrazine groups is 1. The first kappa shape index (κ1) is 15.1. The maximum atomic E-state index is 3.98. The van der Waals surface area contributed by atoms with Gasteiger partial charge in [0, 0.05) is 31.2 Å². The van der Waals surface area contributed by atoms with Crippen molar-refractivity contribution in [3.05, 3.63) is 59.9 Å². The average molecular weight is 258 g/mol. The molecule has 0 fully saturated rings. The molecule has 1 aromatic carbocycles. The molecule has 0 aliphatic rings. The van der Waals surface area contributed by atoms with E-state index in [4.69, 9.17) is 0 Å². The van der Waals surface area contributed by atoms with E-state index in [0.717, 1.165) is 17.9 Å². The van der Waals surface area contributed by atoms with Gasteiger partial charge in [0.15, 0.2) is 0 Å². The fraction of sp³-hybridized carbons (Fsp3) is 0.267. The topological polar surface area (TPSA) is 49.0 Å². The van der Waals surface area contributed by atoms with Crippen LogP contribution in [0, 0.1) is 6.92 Å². The monoisotopic (exact) mass is 258 g/mol. The van der Waals surface area contributed by atoms with Crippen LogP contribution in [-0.2, 0) is 6.54 Å². The molecule has 2 rings (SSSR count). The van der Waals surface area contributed by atoms with Crippen molar-refractivity contribution in [2.75, 3.05) is 19.4 Å². The highest BCUT2D eigenvalue weighted by Gasteiger charge is 1.90. The third-order valence-electron chi connectivity index (χ3n) is 2.52. The first-order valence-electron chi connectivity index (χ1n) is 6.30. The number of benzene rings is 1. The third kappa shape index (κ3) is 6.55. The fourth-order valence-electron chi connectivity index (χ4n) is 1.43. The molecule has 0 bridgehead atoms. The Morgan fingerprint density at radius 1 is 1.00 bits per heavy atom. The summed E-state index contributed by atoms with van der Waals surface area (Å²) in [6, 6.07) is 14.2. The van der Waals surface area contributed by atoms with E-state index in [1.54, 1.807) is 6.20 Å². The molecule has 3 N–H and O–H groups in total. The molecule has 4 heteroatoms. The molecule has 0 radical (unpaired) electrons. The number of nitrogens with zero attached hydrogens (tertiary/aromatic N) is 1. The van der Waals surface area contributed by atoms with Crippen molar-refractivity contribution in [2.45, 2.75) is 13.5 Å². The summed E-state index contributed by atoms with van der Waals surface area (Å²) in [5.74, 6) is 0. The zero-order valence-electron chi connectivity index (χ0n) is 11.8. The lowest BCUT2D eigenvalue weighted by Gasteiger charge is -2.04. The average Bonchev–Trinajstić information content (AvgIpc) is 2.47. The molecule has 1 aromatic heterocycles. The maximum absolute atomic E-state index is 3.98. The summed E-state index contributed by atoms with van der Waals surface area (Å²) in [5, 5.41) is 3.07. The van der Waals surface area contributed by atoms with Gasteiger partial charge in [-0.25, -0.2) is 0 Å². The Hall–Kier alpha value is -1.91. The predicted octanol–water partition coefficient (Wildman–Crippen LogP) is 2.34. The maximum Gasteiger partial charge on any atom is 0.0372 e. The van der Waals surface area contributed by atoms with E-state index in [-0.39, 0.29) is 0 Å². The van der Waals surface area contributed by atoms with Crippen LogP contribution in [-0.4, -0.2) is 19.1 Å². The molecule has 4 nitrogen and oxygen atoms in total. The summed E-state index contributed by atoms with van der Waals surface area (Å²) in [5.41, 5.74) is 9.39. The van der Waals surface area contributed by atoms with Crippen molar-refractivity contribution < 1.29 is 0 Å². The Morgan fingerprint density at radius 2 is 1.74 bits per heavy atom. The quantitative estimate of drug-likeness (QED) is 0.737. The van der Waals surface area contributed by atoms with Gasteiger partial charge in [-0.15, -0.1) is 0 Å². The van der Waals surface area contributed by atoms with Gasteiger partial charge in [-0.2, -0.15) is 0 Å². The lowest BCUT2D eigenvalue weighted by molar-refractivity contribution is 0.596. The van der Waals surface area contributed by atoms with E-state index in [9.17, 15) is 0 Å². The van der Waals surface area contributed by atoms with Gasteiger partial charge < -0.3 is 5.32 Å². The van der Waals surface area contributed by atoms with Crippen molar-refractivity contribution in [1.29, 1.82) is 0 Å². The van der Waals surface area contributed by atoms with E-state index < -0.39 is 0 Å². The van der Waals surface area contributed by atoms with Gasteiger partial charge in [-0.3, -0.25) is 15.8 Å². The van der Waals surface area contributed by atoms with Crippen LogP contribution in [0.4, 0.5) is 5.69 Å². The van der Waals surface area contributed by atoms with E-state index in [2.05, 4.69) is 45.4 Å². The molecule has 0 aliphatic heterocycles. The number of pyridine rings is 1. The molecule has 0 unspecified atom stereocenters. The van der Waals surface area contributed by atoms with Gasteiger partial charge in [0.05, 0.1) is 0 Å². The Morgan fingerprint density at radius 3 is 2.16 bits per heavy atom. The predicted molar refractivity (Wildman–Crippen MR) is 80.9 cm³/mol. The van der Waals surface area contributed by atoms with E-state index >= 15 is 0 Å². The summed E-state index contributed by atoms with van der Waals surface area (Å²) in [6.07, 6.45) is 1.79. The number of hydrogen-bond donors (Lipinski definition) is 3. The molecule has 0 atom stereocenters. The first-order chi connectivity index (χ1) is 9.26. The molecule has 0 saturated heterocycles. The smallest absolute Gasteiger partial charge is 0.0372 e. The van der Waals surface area contributed by atoms with Gasteiger partial charge in [0.25, 0.3) is 0 Å². The molecule has 0 spiro atoms. The van der Waals surface area contributed by atoms with Crippen LogP contribution >= 0.6 is 0 Å². The number of aromatic nitrogens is 1. The molecule has 0 saturated carbocycles. The molecule has 0 amide bonds. The van der Waals surface area contributed by atoms with Crippen LogP contribution in [0.15, 0.2) is 48.7 Å². The summed E-state index contributed by atoms with van der Waals surface area (Å²) in [7, 11) is 3.78. The van der Waals surface area contributed by atoms with Crippen LogP contribution in [0.25, 0.3) is 0 Å². The fourth-order valence-corrected chi connectivity index (χ4v) is 1.43. The summed E-state index contributed by atoms with van der Waals surface area (Å²) >= 11 is 0. The normalized spacial score (nSPS) is 9.42. The summed E-state index contributed by atoms with van der Waals surface area (Å²) in [4.78, 5) is 3.98.